The topological polar surface area (TPSA) is 75.9 Å². The largest absolute Gasteiger partial charge is 0.492 e. The Bertz CT molecular complexity index is 490. The Hall–Kier alpha value is -2.24. The molecular weight excluding hydrogens is 246 g/mol. The van der Waals surface area contributed by atoms with Crippen molar-refractivity contribution < 1.29 is 14.3 Å². The number of nitrogens with zero attached hydrogens (tertiary/aromatic N) is 2. The second kappa shape index (κ2) is 5.60. The number of hydrogen-bond donors (Lipinski definition) is 1. The maximum Gasteiger partial charge on any atom is 0.312 e. The molecule has 1 aromatic carbocycles. The van der Waals surface area contributed by atoms with Gasteiger partial charge in [0.2, 0.25) is 0 Å². The summed E-state index contributed by atoms with van der Waals surface area (Å²) in [5, 5.41) is 0. The average Bonchev–Trinajstić information content (AvgIpc) is 2.39. The van der Waals surface area contributed by atoms with Crippen molar-refractivity contribution in [3.05, 3.63) is 24.3 Å². The zero-order chi connectivity index (χ0) is 13.8. The molecular formula is C13H17N3O3. The summed E-state index contributed by atoms with van der Waals surface area (Å²) in [4.78, 5) is 26.1. The minimum atomic E-state index is -0.468. The third-order valence-corrected chi connectivity index (χ3v) is 3.01. The molecule has 0 unspecified atom stereocenters. The Balaban J connectivity index is 1.83. The van der Waals surface area contributed by atoms with E-state index in [-0.39, 0.29) is 0 Å². The number of piperazine rings is 1. The molecule has 19 heavy (non-hydrogen) atoms. The van der Waals surface area contributed by atoms with Crippen LogP contribution in [0.3, 0.4) is 0 Å². The number of rotatable bonds is 4. The molecule has 0 spiro atoms. The van der Waals surface area contributed by atoms with E-state index >= 15 is 0 Å². The lowest BCUT2D eigenvalue weighted by Gasteiger charge is -2.31. The fraction of sp³-hybridized carbons (Fsp3) is 0.385. The monoisotopic (exact) mass is 263 g/mol. The molecule has 1 aliphatic heterocycles. The predicted octanol–water partition coefficient (Wildman–Crippen LogP) is -0.0518. The van der Waals surface area contributed by atoms with Gasteiger partial charge in [0.25, 0.3) is 0 Å². The van der Waals surface area contributed by atoms with Gasteiger partial charge in [-0.05, 0) is 12.1 Å². The van der Waals surface area contributed by atoms with Crippen LogP contribution in [0.25, 0.3) is 0 Å². The Morgan fingerprint density at radius 2 is 2.05 bits per heavy atom. The zero-order valence-corrected chi connectivity index (χ0v) is 10.8. The van der Waals surface area contributed by atoms with Gasteiger partial charge in [-0.15, -0.1) is 0 Å². The molecule has 1 aromatic rings. The van der Waals surface area contributed by atoms with Crippen LogP contribution in [0.15, 0.2) is 24.3 Å². The molecule has 1 heterocycles. The van der Waals surface area contributed by atoms with Gasteiger partial charge in [-0.3, -0.25) is 9.59 Å². The van der Waals surface area contributed by atoms with Crippen molar-refractivity contribution in [3.63, 3.8) is 0 Å². The van der Waals surface area contributed by atoms with Crippen molar-refractivity contribution in [2.45, 2.75) is 0 Å². The second-order valence-corrected chi connectivity index (χ2v) is 4.44. The normalized spacial score (nSPS) is 15.8. The van der Waals surface area contributed by atoms with E-state index in [1.54, 1.807) is 31.3 Å². The smallest absolute Gasteiger partial charge is 0.312 e. The lowest BCUT2D eigenvalue weighted by atomic mass is 10.3. The number of anilines is 1. The van der Waals surface area contributed by atoms with E-state index in [0.29, 0.717) is 37.7 Å². The summed E-state index contributed by atoms with van der Waals surface area (Å²) in [5.41, 5.74) is 6.26. The minimum Gasteiger partial charge on any atom is -0.492 e. The summed E-state index contributed by atoms with van der Waals surface area (Å²) < 4.78 is 5.50. The van der Waals surface area contributed by atoms with Crippen LogP contribution in [0.2, 0.25) is 0 Å². The molecule has 0 bridgehead atoms. The van der Waals surface area contributed by atoms with Crippen LogP contribution in [0.4, 0.5) is 5.69 Å². The molecule has 2 N–H and O–H groups in total. The Morgan fingerprint density at radius 3 is 2.79 bits per heavy atom. The van der Waals surface area contributed by atoms with Crippen LogP contribution in [0, 0.1) is 0 Å². The van der Waals surface area contributed by atoms with Gasteiger partial charge in [-0.25, -0.2) is 0 Å². The molecule has 6 nitrogen and oxygen atoms in total. The summed E-state index contributed by atoms with van der Waals surface area (Å²) in [7, 11) is 1.63. The van der Waals surface area contributed by atoms with Gasteiger partial charge in [0, 0.05) is 31.9 Å². The molecule has 1 fully saturated rings. The number of nitrogen functional groups attached to an aromatic ring is 1. The maximum absolute atomic E-state index is 11.7. The maximum atomic E-state index is 11.7. The molecule has 0 radical (unpaired) electrons. The Kier molecular flexibility index (Phi) is 3.89. The molecule has 0 aliphatic carbocycles. The number of carbonyl (C=O) groups is 2. The van der Waals surface area contributed by atoms with E-state index in [0.717, 1.165) is 0 Å². The van der Waals surface area contributed by atoms with Gasteiger partial charge in [0.15, 0.2) is 0 Å². The first-order valence-electron chi connectivity index (χ1n) is 6.10. The molecule has 1 aliphatic rings. The molecule has 1 saturated heterocycles. The fourth-order valence-electron chi connectivity index (χ4n) is 1.86. The molecule has 0 aromatic heterocycles. The molecule has 2 amide bonds. The zero-order valence-electron chi connectivity index (χ0n) is 10.8. The minimum absolute atomic E-state index is 0.339. The van der Waals surface area contributed by atoms with Crippen molar-refractivity contribution in [1.29, 1.82) is 0 Å². The van der Waals surface area contributed by atoms with Gasteiger partial charge in [0.05, 0.1) is 6.54 Å². The van der Waals surface area contributed by atoms with Gasteiger partial charge >= 0.3 is 11.8 Å². The molecule has 2 rings (SSSR count). The van der Waals surface area contributed by atoms with Gasteiger partial charge in [-0.1, -0.05) is 6.07 Å². The quantitative estimate of drug-likeness (QED) is 0.610. The van der Waals surface area contributed by atoms with Crippen molar-refractivity contribution in [2.24, 2.45) is 0 Å². The fourth-order valence-corrected chi connectivity index (χ4v) is 1.86. The van der Waals surface area contributed by atoms with Crippen LogP contribution >= 0.6 is 0 Å². The average molecular weight is 263 g/mol. The second-order valence-electron chi connectivity index (χ2n) is 4.44. The standard InChI is InChI=1S/C13H17N3O3/c1-15-5-6-16(13(18)12(15)17)7-8-19-11-4-2-3-10(14)9-11/h2-4,9H,5-8,14H2,1H3. The lowest BCUT2D eigenvalue weighted by molar-refractivity contribution is -0.155. The third kappa shape index (κ3) is 3.15. The van der Waals surface area contributed by atoms with Crippen LogP contribution in [-0.2, 0) is 9.59 Å². The number of amides is 2. The van der Waals surface area contributed by atoms with E-state index in [2.05, 4.69) is 0 Å². The van der Waals surface area contributed by atoms with Crippen molar-refractivity contribution >= 4 is 17.5 Å². The highest BCUT2D eigenvalue weighted by molar-refractivity contribution is 6.35. The van der Waals surface area contributed by atoms with E-state index in [9.17, 15) is 9.59 Å². The van der Waals surface area contributed by atoms with E-state index in [1.165, 1.54) is 9.80 Å². The summed E-state index contributed by atoms with van der Waals surface area (Å²) in [6.07, 6.45) is 0. The summed E-state index contributed by atoms with van der Waals surface area (Å²) in [6.45, 7) is 1.84. The Labute approximate surface area is 111 Å². The van der Waals surface area contributed by atoms with Crippen LogP contribution in [-0.4, -0.2) is 54.9 Å². The van der Waals surface area contributed by atoms with Crippen LogP contribution < -0.4 is 10.5 Å². The molecule has 102 valence electrons. The van der Waals surface area contributed by atoms with Gasteiger partial charge in [-0.2, -0.15) is 0 Å². The van der Waals surface area contributed by atoms with Crippen molar-refractivity contribution in [2.75, 3.05) is 39.0 Å². The number of nitrogens with two attached hydrogens (primary N) is 1. The third-order valence-electron chi connectivity index (χ3n) is 3.01. The summed E-state index contributed by atoms with van der Waals surface area (Å²) in [5.74, 6) is -0.270. The van der Waals surface area contributed by atoms with Gasteiger partial charge < -0.3 is 20.3 Å². The SMILES string of the molecule is CN1CCN(CCOc2cccc(N)c2)C(=O)C1=O. The predicted molar refractivity (Wildman–Crippen MR) is 70.6 cm³/mol. The number of carbonyl (C=O) groups excluding carboxylic acids is 2. The number of hydrogen-bond acceptors (Lipinski definition) is 4. The Morgan fingerprint density at radius 1 is 1.26 bits per heavy atom. The van der Waals surface area contributed by atoms with Crippen LogP contribution in [0.5, 0.6) is 5.75 Å². The van der Waals surface area contributed by atoms with Crippen LogP contribution in [0.1, 0.15) is 0 Å². The first-order chi connectivity index (χ1) is 9.08. The first-order valence-corrected chi connectivity index (χ1v) is 6.10. The van der Waals surface area contributed by atoms with E-state index in [4.69, 9.17) is 10.5 Å². The highest BCUT2D eigenvalue weighted by atomic mass is 16.5. The van der Waals surface area contributed by atoms with E-state index in [1.807, 2.05) is 0 Å². The lowest BCUT2D eigenvalue weighted by Crippen LogP contribution is -2.53. The van der Waals surface area contributed by atoms with E-state index < -0.39 is 11.8 Å². The van der Waals surface area contributed by atoms with Gasteiger partial charge in [0.1, 0.15) is 12.4 Å². The highest BCUT2D eigenvalue weighted by Crippen LogP contribution is 2.14. The molecule has 0 atom stereocenters. The summed E-state index contributed by atoms with van der Waals surface area (Å²) >= 11 is 0. The molecule has 6 heteroatoms. The molecule has 0 saturated carbocycles. The summed E-state index contributed by atoms with van der Waals surface area (Å²) in [6, 6.07) is 7.09. The number of benzene rings is 1. The highest BCUT2D eigenvalue weighted by Gasteiger charge is 2.29. The number of likely N-dealkylation sites (N-methyl/N-ethyl adjacent to an activating group) is 1. The first kappa shape index (κ1) is 13.2. The van der Waals surface area contributed by atoms with Crippen molar-refractivity contribution in [3.8, 4) is 5.75 Å². The van der Waals surface area contributed by atoms with Crippen molar-refractivity contribution in [1.82, 2.24) is 9.80 Å². The number of ether oxygens (including phenoxy) is 1.